The summed E-state index contributed by atoms with van der Waals surface area (Å²) in [6, 6.07) is 3.51. The lowest BCUT2D eigenvalue weighted by Crippen LogP contribution is -2.42. The highest BCUT2D eigenvalue weighted by atomic mass is 35.5. The minimum atomic E-state index is -1.12. The number of ether oxygens (including phenoxy) is 1. The summed E-state index contributed by atoms with van der Waals surface area (Å²) in [6.45, 7) is 4.31. The van der Waals surface area contributed by atoms with Crippen molar-refractivity contribution in [3.63, 3.8) is 0 Å². The molecule has 2 unspecified atom stereocenters. The van der Waals surface area contributed by atoms with Gasteiger partial charge in [0.25, 0.3) is 5.91 Å². The van der Waals surface area contributed by atoms with Gasteiger partial charge in [0.15, 0.2) is 6.10 Å². The second-order valence-electron chi connectivity index (χ2n) is 5.13. The van der Waals surface area contributed by atoms with Crippen LogP contribution in [0.5, 0.6) is 0 Å². The van der Waals surface area contributed by atoms with Gasteiger partial charge in [-0.05, 0) is 18.6 Å². The zero-order valence-corrected chi connectivity index (χ0v) is 12.0. The highest BCUT2D eigenvalue weighted by molar-refractivity contribution is 6.33. The molecule has 2 heterocycles. The van der Waals surface area contributed by atoms with Crippen LogP contribution in [-0.2, 0) is 9.53 Å². The number of nitrogens with one attached hydrogen (secondary N) is 1. The number of nitrogens with zero attached hydrogens (tertiary/aromatic N) is 1. The molecule has 1 amide bonds. The smallest absolute Gasteiger partial charge is 0.257 e. The number of hydrogen-bond donors (Lipinski definition) is 2. The van der Waals surface area contributed by atoms with Crippen molar-refractivity contribution in [1.29, 1.82) is 0 Å². The lowest BCUT2D eigenvalue weighted by atomic mass is 10.1. The summed E-state index contributed by atoms with van der Waals surface area (Å²) in [5.74, 6) is -0.401. The molecule has 108 valence electrons. The van der Waals surface area contributed by atoms with E-state index >= 15 is 0 Å². The molecule has 0 saturated carbocycles. The van der Waals surface area contributed by atoms with Crippen LogP contribution in [-0.4, -0.2) is 36.8 Å². The van der Waals surface area contributed by atoms with Crippen LogP contribution in [0, 0.1) is 0 Å². The number of amides is 1. The van der Waals surface area contributed by atoms with Crippen molar-refractivity contribution >= 4 is 28.9 Å². The number of rotatable bonds is 2. The molecule has 0 aliphatic carbocycles. The van der Waals surface area contributed by atoms with E-state index < -0.39 is 12.0 Å². The Morgan fingerprint density at radius 2 is 2.35 bits per heavy atom. The molecule has 0 bridgehead atoms. The Labute approximate surface area is 122 Å². The lowest BCUT2D eigenvalue weighted by molar-refractivity contribution is -0.123. The number of morpholine rings is 1. The normalized spacial score (nSPS) is 25.6. The van der Waals surface area contributed by atoms with Crippen molar-refractivity contribution in [2.24, 2.45) is 0 Å². The van der Waals surface area contributed by atoms with Crippen molar-refractivity contribution < 1.29 is 14.6 Å². The van der Waals surface area contributed by atoms with Gasteiger partial charge in [-0.15, -0.1) is 0 Å². The zero-order valence-electron chi connectivity index (χ0n) is 11.2. The van der Waals surface area contributed by atoms with Gasteiger partial charge in [0.1, 0.15) is 0 Å². The van der Waals surface area contributed by atoms with E-state index in [1.54, 1.807) is 6.07 Å². The first-order chi connectivity index (χ1) is 9.60. The molecule has 2 aliphatic heterocycles. The molecule has 2 aliphatic rings. The van der Waals surface area contributed by atoms with Crippen LogP contribution in [0.2, 0.25) is 5.02 Å². The van der Waals surface area contributed by atoms with Crippen LogP contribution in [0.3, 0.4) is 0 Å². The number of anilines is 2. The van der Waals surface area contributed by atoms with Gasteiger partial charge in [0.2, 0.25) is 0 Å². The van der Waals surface area contributed by atoms with Crippen LogP contribution >= 0.6 is 11.6 Å². The summed E-state index contributed by atoms with van der Waals surface area (Å²) in [5.41, 5.74) is 2.06. The van der Waals surface area contributed by atoms with E-state index in [1.807, 2.05) is 6.07 Å². The number of aliphatic hydroxyl groups excluding tert-OH is 1. The van der Waals surface area contributed by atoms with E-state index in [0.717, 1.165) is 25.2 Å². The maximum Gasteiger partial charge on any atom is 0.257 e. The topological polar surface area (TPSA) is 61.8 Å². The predicted octanol–water partition coefficient (Wildman–Crippen LogP) is 1.94. The molecule has 0 aromatic heterocycles. The second kappa shape index (κ2) is 5.24. The minimum absolute atomic E-state index is 0.202. The summed E-state index contributed by atoms with van der Waals surface area (Å²) in [6.07, 6.45) is 0.0343. The van der Waals surface area contributed by atoms with Crippen molar-refractivity contribution in [2.75, 3.05) is 29.9 Å². The molecule has 2 atom stereocenters. The number of carbonyl (C=O) groups excluding carboxylic acids is 1. The van der Waals surface area contributed by atoms with Gasteiger partial charge < -0.3 is 20.1 Å². The zero-order chi connectivity index (χ0) is 14.3. The number of fused-ring (bicyclic) bond motifs is 1. The van der Waals surface area contributed by atoms with E-state index in [1.165, 1.54) is 0 Å². The van der Waals surface area contributed by atoms with Crippen LogP contribution < -0.4 is 10.2 Å². The average Bonchev–Trinajstić information content (AvgIpc) is 2.73. The molecule has 1 fully saturated rings. The summed E-state index contributed by atoms with van der Waals surface area (Å²) < 4.78 is 5.65. The summed E-state index contributed by atoms with van der Waals surface area (Å²) in [4.78, 5) is 13.7. The van der Waals surface area contributed by atoms with Gasteiger partial charge in [0, 0.05) is 24.3 Å². The molecule has 2 N–H and O–H groups in total. The van der Waals surface area contributed by atoms with Crippen molar-refractivity contribution in [3.05, 3.63) is 22.7 Å². The fourth-order valence-electron chi connectivity index (χ4n) is 2.68. The van der Waals surface area contributed by atoms with Crippen molar-refractivity contribution in [3.8, 4) is 0 Å². The summed E-state index contributed by atoms with van der Waals surface area (Å²) in [5, 5.41) is 13.0. The minimum Gasteiger partial charge on any atom is -0.378 e. The first-order valence-corrected chi connectivity index (χ1v) is 7.17. The van der Waals surface area contributed by atoms with Crippen LogP contribution in [0.25, 0.3) is 0 Å². The fraction of sp³-hybridized carbons (Fsp3) is 0.500. The Bertz CT molecular complexity index is 549. The third-order valence-corrected chi connectivity index (χ3v) is 4.16. The molecule has 3 rings (SSSR count). The summed E-state index contributed by atoms with van der Waals surface area (Å²) >= 11 is 6.31. The van der Waals surface area contributed by atoms with Gasteiger partial charge in [0.05, 0.1) is 23.4 Å². The molecule has 1 aromatic rings. The quantitative estimate of drug-likeness (QED) is 0.875. The van der Waals surface area contributed by atoms with Gasteiger partial charge in [-0.3, -0.25) is 4.79 Å². The molecule has 1 saturated heterocycles. The fourth-order valence-corrected chi connectivity index (χ4v) is 2.97. The first kappa shape index (κ1) is 13.7. The number of benzene rings is 1. The van der Waals surface area contributed by atoms with E-state index in [9.17, 15) is 9.90 Å². The molecule has 6 heteroatoms. The van der Waals surface area contributed by atoms with E-state index in [2.05, 4.69) is 17.1 Å². The van der Waals surface area contributed by atoms with Gasteiger partial charge in [-0.2, -0.15) is 0 Å². The Kier molecular flexibility index (Phi) is 3.58. The Hall–Kier alpha value is -1.30. The number of carbonyl (C=O) groups is 1. The van der Waals surface area contributed by atoms with Gasteiger partial charge in [-0.25, -0.2) is 0 Å². The lowest BCUT2D eigenvalue weighted by Gasteiger charge is -2.34. The largest absolute Gasteiger partial charge is 0.378 e. The Morgan fingerprint density at radius 3 is 3.10 bits per heavy atom. The molecule has 1 aromatic carbocycles. The van der Waals surface area contributed by atoms with E-state index in [-0.39, 0.29) is 6.10 Å². The number of hydrogen-bond acceptors (Lipinski definition) is 4. The summed E-state index contributed by atoms with van der Waals surface area (Å²) in [7, 11) is 0. The van der Waals surface area contributed by atoms with Crippen molar-refractivity contribution in [2.45, 2.75) is 25.6 Å². The molecular weight excluding hydrogens is 280 g/mol. The molecule has 20 heavy (non-hydrogen) atoms. The molecular formula is C14H17ClN2O3. The molecule has 5 nitrogen and oxygen atoms in total. The maximum atomic E-state index is 11.5. The van der Waals surface area contributed by atoms with Gasteiger partial charge in [-0.1, -0.05) is 18.5 Å². The second-order valence-corrected chi connectivity index (χ2v) is 5.54. The average molecular weight is 297 g/mol. The van der Waals surface area contributed by atoms with E-state index in [4.69, 9.17) is 16.3 Å². The highest BCUT2D eigenvalue weighted by Crippen LogP contribution is 2.39. The van der Waals surface area contributed by atoms with E-state index in [0.29, 0.717) is 22.9 Å². The molecule has 0 radical (unpaired) electrons. The van der Waals surface area contributed by atoms with Gasteiger partial charge >= 0.3 is 0 Å². The Morgan fingerprint density at radius 1 is 1.55 bits per heavy atom. The standard InChI is InChI=1S/C14H17ClN2O3/c1-2-8-7-17(3-4-20-8)12-6-11-9(5-10(12)15)13(18)14(19)16-11/h5-6,8,13,18H,2-4,7H2,1H3,(H,16,19). The van der Waals surface area contributed by atoms with Crippen LogP contribution in [0.15, 0.2) is 12.1 Å². The maximum absolute atomic E-state index is 11.5. The third kappa shape index (κ3) is 2.26. The Balaban J connectivity index is 1.91. The van der Waals surface area contributed by atoms with Crippen LogP contribution in [0.1, 0.15) is 25.0 Å². The molecule has 0 spiro atoms. The third-order valence-electron chi connectivity index (χ3n) is 3.85. The van der Waals surface area contributed by atoms with Crippen LogP contribution in [0.4, 0.5) is 11.4 Å². The number of aliphatic hydroxyl groups is 1. The predicted molar refractivity (Wildman–Crippen MR) is 77.3 cm³/mol. The number of halogens is 1. The van der Waals surface area contributed by atoms with Crippen molar-refractivity contribution in [1.82, 2.24) is 0 Å². The first-order valence-electron chi connectivity index (χ1n) is 6.79. The SMILES string of the molecule is CCC1CN(c2cc3c(cc2Cl)C(O)C(=O)N3)CCO1. The monoisotopic (exact) mass is 296 g/mol. The highest BCUT2D eigenvalue weighted by Gasteiger charge is 2.31.